The summed E-state index contributed by atoms with van der Waals surface area (Å²) in [6.45, 7) is 1.95. The highest BCUT2D eigenvalue weighted by molar-refractivity contribution is 5.22. The zero-order valence-electron chi connectivity index (χ0n) is 8.76. The van der Waals surface area contributed by atoms with Gasteiger partial charge in [-0.05, 0) is 43.2 Å². The van der Waals surface area contributed by atoms with Gasteiger partial charge in [0.25, 0.3) is 0 Å². The summed E-state index contributed by atoms with van der Waals surface area (Å²) in [5.74, 6) is -0.983. The SMILES string of the molecule is CC(N)C1(Cc2ccc(F)cc2F)CC1. The van der Waals surface area contributed by atoms with Crippen molar-refractivity contribution >= 4 is 0 Å². The van der Waals surface area contributed by atoms with Crippen LogP contribution in [0.25, 0.3) is 0 Å². The number of rotatable bonds is 3. The lowest BCUT2D eigenvalue weighted by Crippen LogP contribution is -2.30. The molecule has 1 aromatic carbocycles. The van der Waals surface area contributed by atoms with Crippen LogP contribution >= 0.6 is 0 Å². The molecule has 0 aromatic heterocycles. The third-order valence-electron chi connectivity index (χ3n) is 3.42. The summed E-state index contributed by atoms with van der Waals surface area (Å²) in [4.78, 5) is 0. The Hall–Kier alpha value is -0.960. The Bertz CT molecular complexity index is 370. The van der Waals surface area contributed by atoms with E-state index in [1.807, 2.05) is 6.92 Å². The number of nitrogens with two attached hydrogens (primary N) is 1. The molecule has 1 unspecified atom stereocenters. The minimum atomic E-state index is -0.526. The van der Waals surface area contributed by atoms with E-state index in [9.17, 15) is 8.78 Å². The van der Waals surface area contributed by atoms with Gasteiger partial charge in [0.15, 0.2) is 0 Å². The van der Waals surface area contributed by atoms with Crippen LogP contribution in [0.1, 0.15) is 25.3 Å². The minimum Gasteiger partial charge on any atom is -0.327 e. The fraction of sp³-hybridized carbons (Fsp3) is 0.500. The molecule has 2 N–H and O–H groups in total. The largest absolute Gasteiger partial charge is 0.327 e. The topological polar surface area (TPSA) is 26.0 Å². The second-order valence-electron chi connectivity index (χ2n) is 4.56. The molecular weight excluding hydrogens is 196 g/mol. The van der Waals surface area contributed by atoms with Crippen LogP contribution in [0.3, 0.4) is 0 Å². The van der Waals surface area contributed by atoms with Crippen molar-refractivity contribution in [3.05, 3.63) is 35.4 Å². The van der Waals surface area contributed by atoms with Gasteiger partial charge in [0, 0.05) is 12.1 Å². The summed E-state index contributed by atoms with van der Waals surface area (Å²) >= 11 is 0. The second kappa shape index (κ2) is 3.56. The fourth-order valence-electron chi connectivity index (χ4n) is 2.00. The standard InChI is InChI=1S/C12H15F2N/c1-8(15)12(4-5-12)7-9-2-3-10(13)6-11(9)14/h2-3,6,8H,4-5,7,15H2,1H3. The van der Waals surface area contributed by atoms with E-state index in [2.05, 4.69) is 0 Å². The highest BCUT2D eigenvalue weighted by Crippen LogP contribution is 2.50. The molecule has 1 nitrogen and oxygen atoms in total. The summed E-state index contributed by atoms with van der Waals surface area (Å²) in [7, 11) is 0. The maximum atomic E-state index is 13.4. The van der Waals surface area contributed by atoms with E-state index in [0.717, 1.165) is 18.9 Å². The van der Waals surface area contributed by atoms with E-state index in [0.29, 0.717) is 12.0 Å². The molecule has 0 heterocycles. The summed E-state index contributed by atoms with van der Waals surface area (Å²) in [6.07, 6.45) is 2.71. The number of hydrogen-bond acceptors (Lipinski definition) is 1. The molecular formula is C12H15F2N. The molecule has 0 spiro atoms. The molecule has 82 valence electrons. The molecule has 1 aliphatic carbocycles. The first-order valence-electron chi connectivity index (χ1n) is 5.23. The minimum absolute atomic E-state index is 0.0542. The Labute approximate surface area is 88.3 Å². The van der Waals surface area contributed by atoms with Crippen molar-refractivity contribution in [3.63, 3.8) is 0 Å². The van der Waals surface area contributed by atoms with Crippen LogP contribution in [0, 0.1) is 17.0 Å². The molecule has 0 aliphatic heterocycles. The van der Waals surface area contributed by atoms with Gasteiger partial charge < -0.3 is 5.73 Å². The molecule has 2 rings (SSSR count). The van der Waals surface area contributed by atoms with Crippen LogP contribution in [0.5, 0.6) is 0 Å². The quantitative estimate of drug-likeness (QED) is 0.817. The third kappa shape index (κ3) is 2.02. The first-order chi connectivity index (χ1) is 7.03. The van der Waals surface area contributed by atoms with Gasteiger partial charge in [-0.3, -0.25) is 0 Å². The van der Waals surface area contributed by atoms with Gasteiger partial charge in [0.2, 0.25) is 0 Å². The van der Waals surface area contributed by atoms with Gasteiger partial charge in [-0.15, -0.1) is 0 Å². The lowest BCUT2D eigenvalue weighted by Gasteiger charge is -2.19. The number of benzene rings is 1. The Morgan fingerprint density at radius 3 is 2.53 bits per heavy atom. The molecule has 1 fully saturated rings. The highest BCUT2D eigenvalue weighted by atomic mass is 19.1. The average Bonchev–Trinajstić information content (AvgIpc) is 2.91. The van der Waals surface area contributed by atoms with Gasteiger partial charge in [-0.1, -0.05) is 6.07 Å². The Morgan fingerprint density at radius 1 is 1.40 bits per heavy atom. The fourth-order valence-corrected chi connectivity index (χ4v) is 2.00. The molecule has 1 aromatic rings. The Kier molecular flexibility index (Phi) is 2.51. The van der Waals surface area contributed by atoms with Gasteiger partial charge >= 0.3 is 0 Å². The molecule has 0 saturated heterocycles. The van der Waals surface area contributed by atoms with Crippen molar-refractivity contribution in [1.82, 2.24) is 0 Å². The third-order valence-corrected chi connectivity index (χ3v) is 3.42. The van der Waals surface area contributed by atoms with Crippen LogP contribution in [0.15, 0.2) is 18.2 Å². The predicted molar refractivity (Wildman–Crippen MR) is 55.4 cm³/mol. The van der Waals surface area contributed by atoms with Crippen molar-refractivity contribution < 1.29 is 8.78 Å². The lowest BCUT2D eigenvalue weighted by atomic mass is 9.90. The highest BCUT2D eigenvalue weighted by Gasteiger charge is 2.46. The molecule has 0 bridgehead atoms. The van der Waals surface area contributed by atoms with Crippen molar-refractivity contribution in [2.24, 2.45) is 11.1 Å². The molecule has 15 heavy (non-hydrogen) atoms. The van der Waals surface area contributed by atoms with Gasteiger partial charge in [-0.25, -0.2) is 8.78 Å². The first-order valence-corrected chi connectivity index (χ1v) is 5.23. The maximum absolute atomic E-state index is 13.4. The van der Waals surface area contributed by atoms with Crippen molar-refractivity contribution in [3.8, 4) is 0 Å². The van der Waals surface area contributed by atoms with Crippen molar-refractivity contribution in [2.75, 3.05) is 0 Å². The zero-order valence-corrected chi connectivity index (χ0v) is 8.76. The van der Waals surface area contributed by atoms with Crippen molar-refractivity contribution in [2.45, 2.75) is 32.2 Å². The van der Waals surface area contributed by atoms with Crippen LogP contribution < -0.4 is 5.73 Å². The maximum Gasteiger partial charge on any atom is 0.129 e. The number of hydrogen-bond donors (Lipinski definition) is 1. The zero-order chi connectivity index (χ0) is 11.1. The molecule has 1 atom stereocenters. The molecule has 3 heteroatoms. The molecule has 1 aliphatic rings. The second-order valence-corrected chi connectivity index (χ2v) is 4.56. The average molecular weight is 211 g/mol. The smallest absolute Gasteiger partial charge is 0.129 e. The molecule has 0 radical (unpaired) electrons. The van der Waals surface area contributed by atoms with Crippen molar-refractivity contribution in [1.29, 1.82) is 0 Å². The van der Waals surface area contributed by atoms with E-state index in [1.165, 1.54) is 12.1 Å². The van der Waals surface area contributed by atoms with Crippen LogP contribution in [-0.2, 0) is 6.42 Å². The van der Waals surface area contributed by atoms with Gasteiger partial charge in [0.05, 0.1) is 0 Å². The van der Waals surface area contributed by atoms with Crippen LogP contribution in [0.2, 0.25) is 0 Å². The lowest BCUT2D eigenvalue weighted by molar-refractivity contribution is 0.410. The normalized spacial score (nSPS) is 20.0. The van der Waals surface area contributed by atoms with E-state index in [-0.39, 0.29) is 11.5 Å². The van der Waals surface area contributed by atoms with E-state index in [4.69, 9.17) is 5.73 Å². The summed E-state index contributed by atoms with van der Waals surface area (Å²) < 4.78 is 26.1. The van der Waals surface area contributed by atoms with E-state index in [1.54, 1.807) is 0 Å². The predicted octanol–water partition coefficient (Wildman–Crippen LogP) is 2.63. The summed E-state index contributed by atoms with van der Waals surface area (Å²) in [5, 5.41) is 0. The van der Waals surface area contributed by atoms with Gasteiger partial charge in [0.1, 0.15) is 11.6 Å². The van der Waals surface area contributed by atoms with E-state index >= 15 is 0 Å². The van der Waals surface area contributed by atoms with E-state index < -0.39 is 11.6 Å². The Morgan fingerprint density at radius 2 is 2.07 bits per heavy atom. The monoisotopic (exact) mass is 211 g/mol. The van der Waals surface area contributed by atoms with Crippen LogP contribution in [-0.4, -0.2) is 6.04 Å². The van der Waals surface area contributed by atoms with Crippen LogP contribution in [0.4, 0.5) is 8.78 Å². The molecule has 1 saturated carbocycles. The number of halogens is 2. The van der Waals surface area contributed by atoms with Gasteiger partial charge in [-0.2, -0.15) is 0 Å². The summed E-state index contributed by atoms with van der Waals surface area (Å²) in [5.41, 5.74) is 6.49. The molecule has 0 amide bonds. The summed E-state index contributed by atoms with van der Waals surface area (Å²) in [6, 6.07) is 3.83. The Balaban J connectivity index is 2.18. The first kappa shape index (κ1) is 10.6.